The number of fused-ring (bicyclic) bond motifs is 1. The molecule has 0 aromatic heterocycles. The number of aliphatic hydroxyl groups is 1. The first-order valence-corrected chi connectivity index (χ1v) is 9.14. The minimum atomic E-state index is -0.513. The monoisotopic (exact) mass is 348 g/mol. The summed E-state index contributed by atoms with van der Waals surface area (Å²) in [5, 5.41) is 16.8. The van der Waals surface area contributed by atoms with E-state index in [1.54, 1.807) is 0 Å². The van der Waals surface area contributed by atoms with Gasteiger partial charge in [-0.15, -0.1) is 0 Å². The fourth-order valence-electron chi connectivity index (χ4n) is 3.33. The predicted octanol–water partition coefficient (Wildman–Crippen LogP) is 3.17. The van der Waals surface area contributed by atoms with Crippen LogP contribution in [0.4, 0.5) is 4.79 Å². The van der Waals surface area contributed by atoms with Crippen LogP contribution < -0.4 is 10.6 Å². The lowest BCUT2D eigenvalue weighted by molar-refractivity contribution is 0.0495. The van der Waals surface area contributed by atoms with E-state index in [9.17, 15) is 9.90 Å². The molecular weight excluding hydrogens is 316 g/mol. The molecule has 1 aromatic rings. The number of hydrogen-bond acceptors (Lipinski definition) is 4. The third kappa shape index (κ3) is 6.01. The molecule has 140 valence electrons. The number of rotatable bonds is 6. The molecule has 0 aliphatic heterocycles. The average Bonchev–Trinajstić information content (AvgIpc) is 2.77. The fraction of sp³-hybridized carbons (Fsp3) is 0.650. The highest BCUT2D eigenvalue weighted by molar-refractivity contribution is 5.68. The molecule has 0 fully saturated rings. The van der Waals surface area contributed by atoms with E-state index in [-0.39, 0.29) is 12.1 Å². The zero-order valence-corrected chi connectivity index (χ0v) is 16.0. The molecular formula is C20H32N2O3. The summed E-state index contributed by atoms with van der Waals surface area (Å²) in [5.74, 6) is 0.447. The number of benzene rings is 1. The third-order valence-corrected chi connectivity index (χ3v) is 4.26. The van der Waals surface area contributed by atoms with Crippen LogP contribution in [-0.2, 0) is 11.2 Å². The molecule has 3 atom stereocenters. The molecule has 0 radical (unpaired) electrons. The van der Waals surface area contributed by atoms with Gasteiger partial charge in [0.1, 0.15) is 5.60 Å². The number of nitrogens with one attached hydrogen (secondary N) is 2. The molecule has 2 rings (SSSR count). The van der Waals surface area contributed by atoms with Gasteiger partial charge in [0, 0.05) is 19.0 Å². The summed E-state index contributed by atoms with van der Waals surface area (Å²) in [7, 11) is 0. The molecule has 3 N–H and O–H groups in total. The highest BCUT2D eigenvalue weighted by atomic mass is 16.6. The summed E-state index contributed by atoms with van der Waals surface area (Å²) in [6.45, 7) is 10.4. The molecule has 1 aliphatic rings. The zero-order valence-electron chi connectivity index (χ0n) is 16.0. The molecule has 1 aromatic carbocycles. The van der Waals surface area contributed by atoms with Gasteiger partial charge in [-0.3, -0.25) is 0 Å². The maximum atomic E-state index is 12.1. The number of hydrogen-bond donors (Lipinski definition) is 3. The van der Waals surface area contributed by atoms with E-state index in [1.165, 1.54) is 5.56 Å². The molecule has 1 unspecified atom stereocenters. The number of carbonyl (C=O) groups is 1. The Bertz CT molecular complexity index is 581. The van der Waals surface area contributed by atoms with Gasteiger partial charge in [0.15, 0.2) is 0 Å². The SMILES string of the molecule is CC(C)CC(CN[C@@H]1c2ccccc2C[C@@H]1O)NC(=O)OC(C)(C)C. The van der Waals surface area contributed by atoms with Crippen LogP contribution in [0.15, 0.2) is 24.3 Å². The van der Waals surface area contributed by atoms with Gasteiger partial charge in [0.25, 0.3) is 0 Å². The van der Waals surface area contributed by atoms with E-state index in [4.69, 9.17) is 4.74 Å². The van der Waals surface area contributed by atoms with Crippen molar-refractivity contribution in [2.75, 3.05) is 6.54 Å². The van der Waals surface area contributed by atoms with E-state index in [0.29, 0.717) is 18.9 Å². The third-order valence-electron chi connectivity index (χ3n) is 4.26. The van der Waals surface area contributed by atoms with Crippen molar-refractivity contribution in [3.8, 4) is 0 Å². The van der Waals surface area contributed by atoms with E-state index >= 15 is 0 Å². The van der Waals surface area contributed by atoms with Crippen LogP contribution in [0.25, 0.3) is 0 Å². The molecule has 0 saturated carbocycles. The molecule has 0 bridgehead atoms. The molecule has 0 heterocycles. The normalized spacial score (nSPS) is 21.1. The van der Waals surface area contributed by atoms with Crippen molar-refractivity contribution in [3.05, 3.63) is 35.4 Å². The topological polar surface area (TPSA) is 70.6 Å². The van der Waals surface area contributed by atoms with Gasteiger partial charge in [-0.2, -0.15) is 0 Å². The van der Waals surface area contributed by atoms with Crippen molar-refractivity contribution in [1.29, 1.82) is 0 Å². The van der Waals surface area contributed by atoms with E-state index in [2.05, 4.69) is 36.6 Å². The lowest BCUT2D eigenvalue weighted by Gasteiger charge is -2.27. The van der Waals surface area contributed by atoms with E-state index in [1.807, 2.05) is 32.9 Å². The quantitative estimate of drug-likeness (QED) is 0.738. The summed E-state index contributed by atoms with van der Waals surface area (Å²) in [6, 6.07) is 7.98. The second kappa shape index (κ2) is 8.19. The van der Waals surface area contributed by atoms with Crippen LogP contribution in [-0.4, -0.2) is 35.5 Å². The fourth-order valence-corrected chi connectivity index (χ4v) is 3.33. The van der Waals surface area contributed by atoms with Crippen molar-refractivity contribution in [1.82, 2.24) is 10.6 Å². The Morgan fingerprint density at radius 2 is 2.00 bits per heavy atom. The van der Waals surface area contributed by atoms with Gasteiger partial charge in [-0.25, -0.2) is 4.79 Å². The van der Waals surface area contributed by atoms with Gasteiger partial charge >= 0.3 is 6.09 Å². The number of ether oxygens (including phenoxy) is 1. The number of aliphatic hydroxyl groups excluding tert-OH is 1. The summed E-state index contributed by atoms with van der Waals surface area (Å²) in [5.41, 5.74) is 1.82. The molecule has 5 heteroatoms. The van der Waals surface area contributed by atoms with Crippen LogP contribution in [0, 0.1) is 5.92 Å². The first-order valence-electron chi connectivity index (χ1n) is 9.14. The van der Waals surface area contributed by atoms with Gasteiger partial charge in [-0.1, -0.05) is 38.1 Å². The Labute approximate surface area is 151 Å². The van der Waals surface area contributed by atoms with Crippen LogP contribution in [0.2, 0.25) is 0 Å². The molecule has 1 amide bonds. The maximum Gasteiger partial charge on any atom is 0.407 e. The Balaban J connectivity index is 1.97. The lowest BCUT2D eigenvalue weighted by atomic mass is 10.0. The van der Waals surface area contributed by atoms with Gasteiger partial charge in [-0.05, 0) is 44.2 Å². The van der Waals surface area contributed by atoms with Crippen molar-refractivity contribution < 1.29 is 14.6 Å². The first-order chi connectivity index (χ1) is 11.7. The summed E-state index contributed by atoms with van der Waals surface area (Å²) >= 11 is 0. The second-order valence-electron chi connectivity index (χ2n) is 8.33. The van der Waals surface area contributed by atoms with Crippen molar-refractivity contribution >= 4 is 6.09 Å². The number of amides is 1. The summed E-state index contributed by atoms with van der Waals surface area (Å²) in [6.07, 6.45) is 0.685. The lowest BCUT2D eigenvalue weighted by Crippen LogP contribution is -2.46. The predicted molar refractivity (Wildman–Crippen MR) is 99.5 cm³/mol. The van der Waals surface area contributed by atoms with Crippen LogP contribution in [0.3, 0.4) is 0 Å². The molecule has 25 heavy (non-hydrogen) atoms. The van der Waals surface area contributed by atoms with Crippen molar-refractivity contribution in [3.63, 3.8) is 0 Å². The average molecular weight is 348 g/mol. The van der Waals surface area contributed by atoms with Crippen LogP contribution in [0.5, 0.6) is 0 Å². The molecule has 0 saturated heterocycles. The number of carbonyl (C=O) groups excluding carboxylic acids is 1. The minimum Gasteiger partial charge on any atom is -0.444 e. The highest BCUT2D eigenvalue weighted by Gasteiger charge is 2.31. The minimum absolute atomic E-state index is 0.0465. The summed E-state index contributed by atoms with van der Waals surface area (Å²) in [4.78, 5) is 12.1. The Hall–Kier alpha value is -1.59. The standard InChI is InChI=1S/C20H32N2O3/c1-13(2)10-15(22-19(24)25-20(3,4)5)12-21-18-16-9-7-6-8-14(16)11-17(18)23/h6-9,13,15,17-18,21,23H,10-12H2,1-5H3,(H,22,24)/t15?,17-,18+/m0/s1. The van der Waals surface area contributed by atoms with Gasteiger partial charge in [0.2, 0.25) is 0 Å². The number of alkyl carbamates (subject to hydrolysis) is 1. The largest absolute Gasteiger partial charge is 0.444 e. The van der Waals surface area contributed by atoms with E-state index < -0.39 is 17.8 Å². The first kappa shape index (κ1) is 19.7. The van der Waals surface area contributed by atoms with Gasteiger partial charge in [0.05, 0.1) is 12.1 Å². The molecule has 5 nitrogen and oxygen atoms in total. The highest BCUT2D eigenvalue weighted by Crippen LogP contribution is 2.31. The Morgan fingerprint density at radius 1 is 1.32 bits per heavy atom. The Kier molecular flexibility index (Phi) is 6.47. The van der Waals surface area contributed by atoms with Crippen LogP contribution >= 0.6 is 0 Å². The smallest absolute Gasteiger partial charge is 0.407 e. The van der Waals surface area contributed by atoms with Crippen LogP contribution in [0.1, 0.15) is 58.2 Å². The second-order valence-corrected chi connectivity index (χ2v) is 8.33. The molecule has 0 spiro atoms. The maximum absolute atomic E-state index is 12.1. The van der Waals surface area contributed by atoms with Crippen molar-refractivity contribution in [2.24, 2.45) is 5.92 Å². The van der Waals surface area contributed by atoms with Gasteiger partial charge < -0.3 is 20.5 Å². The summed E-state index contributed by atoms with van der Waals surface area (Å²) < 4.78 is 5.37. The Morgan fingerprint density at radius 3 is 2.64 bits per heavy atom. The zero-order chi connectivity index (χ0) is 18.6. The van der Waals surface area contributed by atoms with E-state index in [0.717, 1.165) is 12.0 Å². The molecule has 1 aliphatic carbocycles. The van der Waals surface area contributed by atoms with Crippen molar-refractivity contribution in [2.45, 2.75) is 71.2 Å².